The first kappa shape index (κ1) is 19.9. The second-order valence-electron chi connectivity index (χ2n) is 7.82. The van der Waals surface area contributed by atoms with E-state index in [1.165, 1.54) is 6.20 Å². The minimum absolute atomic E-state index is 0.110. The van der Waals surface area contributed by atoms with Crippen molar-refractivity contribution >= 4 is 29.5 Å². The molecule has 0 N–H and O–H groups in total. The zero-order valence-corrected chi connectivity index (χ0v) is 17.0. The fraction of sp³-hybridized carbons (Fsp3) is 0.600. The maximum Gasteiger partial charge on any atom is 0.410 e. The number of pyridine rings is 1. The minimum Gasteiger partial charge on any atom is -0.448 e. The van der Waals surface area contributed by atoms with Gasteiger partial charge in [-0.1, -0.05) is 11.6 Å². The maximum absolute atomic E-state index is 13.0. The molecule has 0 aliphatic carbocycles. The number of ether oxygens (including phenoxy) is 1. The minimum atomic E-state index is -0.243. The van der Waals surface area contributed by atoms with Crippen molar-refractivity contribution in [2.75, 3.05) is 39.3 Å². The number of nitrogens with zero attached hydrogens (tertiary/aromatic N) is 4. The number of likely N-dealkylation sites (tertiary alicyclic amines) is 2. The summed E-state index contributed by atoms with van der Waals surface area (Å²) in [6.45, 7) is 3.43. The molecule has 8 nitrogen and oxygen atoms in total. The number of hydrogen-bond acceptors (Lipinski definition) is 5. The standard InChI is InChI=1S/C20H25ClN4O4/c21-17-4-3-14(12-22-17)18(26)24-7-1-2-15(13-24)19(27)23-8-5-16(6-9-23)25-10-11-29-20(25)28/h3-4,12,15-16H,1-2,5-11,13H2. The molecule has 4 rings (SSSR count). The van der Waals surface area contributed by atoms with Gasteiger partial charge in [0.15, 0.2) is 0 Å². The second kappa shape index (κ2) is 8.57. The summed E-state index contributed by atoms with van der Waals surface area (Å²) >= 11 is 5.80. The van der Waals surface area contributed by atoms with Crippen molar-refractivity contribution in [3.8, 4) is 0 Å². The first-order valence-corrected chi connectivity index (χ1v) is 10.5. The Labute approximate surface area is 174 Å². The molecule has 1 aromatic heterocycles. The number of hydrogen-bond donors (Lipinski definition) is 0. The number of carbonyl (C=O) groups excluding carboxylic acids is 3. The molecule has 156 valence electrons. The van der Waals surface area contributed by atoms with Crippen molar-refractivity contribution in [2.24, 2.45) is 5.92 Å². The van der Waals surface area contributed by atoms with Gasteiger partial charge < -0.3 is 19.4 Å². The van der Waals surface area contributed by atoms with Gasteiger partial charge in [-0.3, -0.25) is 9.59 Å². The Bertz CT molecular complexity index is 779. The Kier molecular flexibility index (Phi) is 5.89. The lowest BCUT2D eigenvalue weighted by molar-refractivity contribution is -0.138. The normalized spacial score (nSPS) is 23.3. The van der Waals surface area contributed by atoms with E-state index in [9.17, 15) is 14.4 Å². The smallest absolute Gasteiger partial charge is 0.410 e. The van der Waals surface area contributed by atoms with Crippen LogP contribution < -0.4 is 0 Å². The molecule has 0 aromatic carbocycles. The van der Waals surface area contributed by atoms with Crippen LogP contribution in [0.1, 0.15) is 36.0 Å². The number of amides is 3. The van der Waals surface area contributed by atoms with Crippen molar-refractivity contribution in [1.29, 1.82) is 0 Å². The van der Waals surface area contributed by atoms with E-state index < -0.39 is 0 Å². The Morgan fingerprint density at radius 1 is 1.07 bits per heavy atom. The van der Waals surface area contributed by atoms with E-state index >= 15 is 0 Å². The first-order chi connectivity index (χ1) is 14.0. The molecule has 1 aromatic rings. The van der Waals surface area contributed by atoms with Gasteiger partial charge in [0.1, 0.15) is 11.8 Å². The van der Waals surface area contributed by atoms with Crippen LogP contribution in [-0.2, 0) is 9.53 Å². The van der Waals surface area contributed by atoms with Crippen molar-refractivity contribution < 1.29 is 19.1 Å². The highest BCUT2D eigenvalue weighted by atomic mass is 35.5. The highest BCUT2D eigenvalue weighted by molar-refractivity contribution is 6.29. The molecule has 4 heterocycles. The Morgan fingerprint density at radius 3 is 2.52 bits per heavy atom. The molecule has 29 heavy (non-hydrogen) atoms. The summed E-state index contributed by atoms with van der Waals surface area (Å²) in [7, 11) is 0. The van der Waals surface area contributed by atoms with Gasteiger partial charge in [-0.05, 0) is 37.8 Å². The molecule has 0 bridgehead atoms. The zero-order chi connectivity index (χ0) is 20.4. The van der Waals surface area contributed by atoms with E-state index in [2.05, 4.69) is 4.98 Å². The lowest BCUT2D eigenvalue weighted by atomic mass is 9.94. The van der Waals surface area contributed by atoms with Crippen LogP contribution in [0.25, 0.3) is 0 Å². The van der Waals surface area contributed by atoms with Crippen molar-refractivity contribution in [1.82, 2.24) is 19.7 Å². The molecule has 1 atom stereocenters. The number of halogens is 1. The molecule has 0 spiro atoms. The molecule has 3 fully saturated rings. The Morgan fingerprint density at radius 2 is 1.86 bits per heavy atom. The second-order valence-corrected chi connectivity index (χ2v) is 8.21. The van der Waals surface area contributed by atoms with E-state index in [-0.39, 0.29) is 29.9 Å². The summed E-state index contributed by atoms with van der Waals surface area (Å²) in [5.74, 6) is -0.182. The molecule has 0 radical (unpaired) electrons. The molecule has 3 aliphatic heterocycles. The van der Waals surface area contributed by atoms with Gasteiger partial charge in [-0.25, -0.2) is 9.78 Å². The fourth-order valence-electron chi connectivity index (χ4n) is 4.44. The Hall–Kier alpha value is -2.35. The third-order valence-electron chi connectivity index (χ3n) is 6.04. The summed E-state index contributed by atoms with van der Waals surface area (Å²) in [4.78, 5) is 46.9. The average molecular weight is 421 g/mol. The predicted octanol–water partition coefficient (Wildman–Crippen LogP) is 2.03. The third kappa shape index (κ3) is 4.32. The summed E-state index contributed by atoms with van der Waals surface area (Å²) in [5.41, 5.74) is 0.487. The summed E-state index contributed by atoms with van der Waals surface area (Å²) in [6, 6.07) is 3.41. The van der Waals surface area contributed by atoms with Crippen LogP contribution >= 0.6 is 11.6 Å². The number of cyclic esters (lactones) is 1. The van der Waals surface area contributed by atoms with Crippen LogP contribution in [0.2, 0.25) is 5.15 Å². The SMILES string of the molecule is O=C(c1ccc(Cl)nc1)N1CCCC(C(=O)N2CCC(N3CCOC3=O)CC2)C1. The molecule has 9 heteroatoms. The highest BCUT2D eigenvalue weighted by Crippen LogP contribution is 2.25. The Balaban J connectivity index is 1.32. The predicted molar refractivity (Wildman–Crippen MR) is 106 cm³/mol. The van der Waals surface area contributed by atoms with E-state index in [0.717, 1.165) is 25.7 Å². The zero-order valence-electron chi connectivity index (χ0n) is 16.3. The van der Waals surface area contributed by atoms with Crippen molar-refractivity contribution in [2.45, 2.75) is 31.7 Å². The largest absolute Gasteiger partial charge is 0.448 e. The quantitative estimate of drug-likeness (QED) is 0.699. The summed E-state index contributed by atoms with van der Waals surface area (Å²) in [5, 5.41) is 0.346. The monoisotopic (exact) mass is 420 g/mol. The van der Waals surface area contributed by atoms with Gasteiger partial charge in [0, 0.05) is 38.4 Å². The number of rotatable bonds is 3. The fourth-order valence-corrected chi connectivity index (χ4v) is 4.55. The van der Waals surface area contributed by atoms with Crippen LogP contribution in [0.4, 0.5) is 4.79 Å². The van der Waals surface area contributed by atoms with Crippen molar-refractivity contribution in [3.63, 3.8) is 0 Å². The van der Waals surface area contributed by atoms with E-state index in [0.29, 0.717) is 50.0 Å². The average Bonchev–Trinajstić information content (AvgIpc) is 3.19. The van der Waals surface area contributed by atoms with E-state index in [1.54, 1.807) is 21.9 Å². The van der Waals surface area contributed by atoms with Gasteiger partial charge in [0.2, 0.25) is 5.91 Å². The topological polar surface area (TPSA) is 83.1 Å². The van der Waals surface area contributed by atoms with Crippen LogP contribution in [-0.4, -0.2) is 83.0 Å². The van der Waals surface area contributed by atoms with Crippen LogP contribution in [0.3, 0.4) is 0 Å². The molecule has 0 saturated carbocycles. The van der Waals surface area contributed by atoms with Crippen LogP contribution in [0.15, 0.2) is 18.3 Å². The van der Waals surface area contributed by atoms with Crippen LogP contribution in [0, 0.1) is 5.92 Å². The van der Waals surface area contributed by atoms with Gasteiger partial charge in [0.05, 0.1) is 18.0 Å². The molecule has 3 amide bonds. The van der Waals surface area contributed by atoms with Crippen LogP contribution in [0.5, 0.6) is 0 Å². The molecule has 3 saturated heterocycles. The third-order valence-corrected chi connectivity index (χ3v) is 6.26. The van der Waals surface area contributed by atoms with Gasteiger partial charge in [0.25, 0.3) is 5.91 Å². The molecule has 1 unspecified atom stereocenters. The van der Waals surface area contributed by atoms with E-state index in [4.69, 9.17) is 16.3 Å². The van der Waals surface area contributed by atoms with E-state index in [1.807, 2.05) is 4.90 Å². The molecule has 3 aliphatic rings. The lowest BCUT2D eigenvalue weighted by Crippen LogP contribution is -2.51. The van der Waals surface area contributed by atoms with Gasteiger partial charge in [-0.2, -0.15) is 0 Å². The number of aromatic nitrogens is 1. The maximum atomic E-state index is 13.0. The highest BCUT2D eigenvalue weighted by Gasteiger charge is 2.36. The lowest BCUT2D eigenvalue weighted by Gasteiger charge is -2.39. The number of piperidine rings is 2. The molecular formula is C20H25ClN4O4. The number of carbonyl (C=O) groups is 3. The summed E-state index contributed by atoms with van der Waals surface area (Å²) in [6.07, 6.45) is 4.37. The van der Waals surface area contributed by atoms with Crippen molar-refractivity contribution in [3.05, 3.63) is 29.0 Å². The van der Waals surface area contributed by atoms with Gasteiger partial charge in [-0.15, -0.1) is 0 Å². The molecular weight excluding hydrogens is 396 g/mol. The summed E-state index contributed by atoms with van der Waals surface area (Å²) < 4.78 is 5.02. The van der Waals surface area contributed by atoms with Gasteiger partial charge >= 0.3 is 6.09 Å². The first-order valence-electron chi connectivity index (χ1n) is 10.2.